The summed E-state index contributed by atoms with van der Waals surface area (Å²) in [4.78, 5) is 11.3. The molecule has 1 atom stereocenters. The highest BCUT2D eigenvalue weighted by Gasteiger charge is 2.60. The lowest BCUT2D eigenvalue weighted by Gasteiger charge is -2.22. The van der Waals surface area contributed by atoms with E-state index in [4.69, 9.17) is 4.74 Å². The number of carbonyl (C=O) groups excluding carboxylic acids is 1. The number of hydrogen-bond acceptors (Lipinski definition) is 4. The van der Waals surface area contributed by atoms with E-state index in [0.29, 0.717) is 5.75 Å². The van der Waals surface area contributed by atoms with E-state index in [1.165, 1.54) is 44.2 Å². The summed E-state index contributed by atoms with van der Waals surface area (Å²) in [6, 6.07) is 5.77. The first-order chi connectivity index (χ1) is 9.74. The number of benzene rings is 1. The fourth-order valence-corrected chi connectivity index (χ4v) is 1.31. The van der Waals surface area contributed by atoms with Gasteiger partial charge in [0.05, 0.1) is 13.7 Å². The van der Waals surface area contributed by atoms with Crippen LogP contribution in [0.25, 0.3) is 0 Å². The van der Waals surface area contributed by atoms with Crippen LogP contribution in [0.5, 0.6) is 5.75 Å². The molecule has 1 rings (SSSR count). The largest absolute Gasteiger partial charge is 0.497 e. The van der Waals surface area contributed by atoms with E-state index in [1.807, 2.05) is 0 Å². The zero-order chi connectivity index (χ0) is 16.1. The number of hydrogen-bond donors (Lipinski definition) is 1. The molecule has 0 amide bonds. The summed E-state index contributed by atoms with van der Waals surface area (Å²) in [5.74, 6) is 2.29. The van der Waals surface area contributed by atoms with Gasteiger partial charge < -0.3 is 14.6 Å². The first kappa shape index (κ1) is 16.9. The summed E-state index contributed by atoms with van der Waals surface area (Å²) >= 11 is 0. The summed E-state index contributed by atoms with van der Waals surface area (Å²) in [5.41, 5.74) is -3.68. The Kier molecular flexibility index (Phi) is 5.22. The number of halogens is 3. The van der Waals surface area contributed by atoms with Crippen molar-refractivity contribution in [2.45, 2.75) is 18.7 Å². The molecule has 0 spiro atoms. The van der Waals surface area contributed by atoms with E-state index in [0.717, 1.165) is 0 Å². The van der Waals surface area contributed by atoms with Crippen LogP contribution in [0, 0.1) is 11.8 Å². The van der Waals surface area contributed by atoms with Gasteiger partial charge in [-0.15, -0.1) is 0 Å². The molecular formula is C14H13F3O4. The molecule has 7 heteroatoms. The van der Waals surface area contributed by atoms with Gasteiger partial charge in [0.15, 0.2) is 0 Å². The highest BCUT2D eigenvalue weighted by molar-refractivity contribution is 5.84. The van der Waals surface area contributed by atoms with Gasteiger partial charge in [-0.25, -0.2) is 4.79 Å². The molecule has 0 bridgehead atoms. The van der Waals surface area contributed by atoms with Gasteiger partial charge >= 0.3 is 17.7 Å². The van der Waals surface area contributed by atoms with Crippen molar-refractivity contribution in [3.8, 4) is 17.6 Å². The molecule has 114 valence electrons. The highest BCUT2D eigenvalue weighted by atomic mass is 19.4. The van der Waals surface area contributed by atoms with Crippen LogP contribution >= 0.6 is 0 Å². The van der Waals surface area contributed by atoms with Crippen LogP contribution in [-0.2, 0) is 9.53 Å². The predicted octanol–water partition coefficient (Wildman–Crippen LogP) is 1.90. The number of aliphatic hydroxyl groups is 1. The fourth-order valence-electron chi connectivity index (χ4n) is 1.31. The molecule has 0 heterocycles. The van der Waals surface area contributed by atoms with Gasteiger partial charge in [0.25, 0.3) is 0 Å². The minimum atomic E-state index is -5.27. The first-order valence-electron chi connectivity index (χ1n) is 5.88. The Labute approximate surface area is 119 Å². The van der Waals surface area contributed by atoms with Gasteiger partial charge in [0, 0.05) is 5.56 Å². The van der Waals surface area contributed by atoms with Crippen molar-refractivity contribution in [2.75, 3.05) is 13.7 Å². The summed E-state index contributed by atoms with van der Waals surface area (Å²) in [6.45, 7) is 1.02. The number of ether oxygens (including phenoxy) is 2. The topological polar surface area (TPSA) is 55.8 Å². The monoisotopic (exact) mass is 302 g/mol. The van der Waals surface area contributed by atoms with Crippen LogP contribution in [-0.4, -0.2) is 36.6 Å². The Balaban J connectivity index is 3.13. The van der Waals surface area contributed by atoms with Crippen molar-refractivity contribution in [3.63, 3.8) is 0 Å². The zero-order valence-electron chi connectivity index (χ0n) is 11.3. The van der Waals surface area contributed by atoms with Crippen LogP contribution in [0.15, 0.2) is 24.3 Å². The predicted molar refractivity (Wildman–Crippen MR) is 67.5 cm³/mol. The maximum Gasteiger partial charge on any atom is 0.440 e. The van der Waals surface area contributed by atoms with E-state index in [-0.39, 0.29) is 12.2 Å². The van der Waals surface area contributed by atoms with E-state index >= 15 is 0 Å². The molecule has 0 aromatic heterocycles. The molecule has 0 saturated heterocycles. The van der Waals surface area contributed by atoms with Crippen molar-refractivity contribution in [1.29, 1.82) is 0 Å². The summed E-state index contributed by atoms with van der Waals surface area (Å²) in [6.07, 6.45) is -5.27. The highest BCUT2D eigenvalue weighted by Crippen LogP contribution is 2.31. The Morgan fingerprint density at radius 3 is 2.29 bits per heavy atom. The summed E-state index contributed by atoms with van der Waals surface area (Å²) in [5, 5.41) is 9.51. The smallest absolute Gasteiger partial charge is 0.440 e. The fraction of sp³-hybridized carbons (Fsp3) is 0.357. The normalized spacial score (nSPS) is 13.6. The molecule has 0 saturated carbocycles. The third-order valence-electron chi connectivity index (χ3n) is 2.46. The second-order valence-electron chi connectivity index (χ2n) is 3.91. The molecule has 0 radical (unpaired) electrons. The number of rotatable bonds is 3. The lowest BCUT2D eigenvalue weighted by atomic mass is 10.0. The van der Waals surface area contributed by atoms with Crippen LogP contribution in [0.1, 0.15) is 12.5 Å². The number of alkyl halides is 3. The van der Waals surface area contributed by atoms with Crippen LogP contribution in [0.2, 0.25) is 0 Å². The Morgan fingerprint density at radius 2 is 1.86 bits per heavy atom. The third-order valence-corrected chi connectivity index (χ3v) is 2.46. The molecule has 1 N–H and O–H groups in total. The van der Waals surface area contributed by atoms with Crippen molar-refractivity contribution in [2.24, 2.45) is 0 Å². The third kappa shape index (κ3) is 3.89. The minimum Gasteiger partial charge on any atom is -0.497 e. The van der Waals surface area contributed by atoms with Gasteiger partial charge in [0.1, 0.15) is 5.75 Å². The first-order valence-corrected chi connectivity index (χ1v) is 5.88. The van der Waals surface area contributed by atoms with Crippen molar-refractivity contribution < 1.29 is 32.5 Å². The maximum atomic E-state index is 12.8. The Morgan fingerprint density at radius 1 is 1.29 bits per heavy atom. The Bertz CT molecular complexity index is 554. The van der Waals surface area contributed by atoms with Gasteiger partial charge in [-0.1, -0.05) is 5.92 Å². The zero-order valence-corrected chi connectivity index (χ0v) is 11.3. The van der Waals surface area contributed by atoms with E-state index in [2.05, 4.69) is 10.7 Å². The quantitative estimate of drug-likeness (QED) is 0.684. The molecule has 0 aliphatic rings. The lowest BCUT2D eigenvalue weighted by Crippen LogP contribution is -2.52. The van der Waals surface area contributed by atoms with Crippen molar-refractivity contribution in [1.82, 2.24) is 0 Å². The van der Waals surface area contributed by atoms with Crippen LogP contribution < -0.4 is 4.74 Å². The molecule has 1 aromatic carbocycles. The number of esters is 1. The van der Waals surface area contributed by atoms with Crippen LogP contribution in [0.4, 0.5) is 13.2 Å². The van der Waals surface area contributed by atoms with E-state index in [9.17, 15) is 23.1 Å². The second kappa shape index (κ2) is 6.50. The molecular weight excluding hydrogens is 289 g/mol. The van der Waals surface area contributed by atoms with E-state index in [1.54, 1.807) is 0 Å². The van der Waals surface area contributed by atoms with Gasteiger partial charge in [0.2, 0.25) is 0 Å². The van der Waals surface area contributed by atoms with Crippen molar-refractivity contribution >= 4 is 5.97 Å². The molecule has 1 aromatic rings. The number of carbonyl (C=O) groups is 1. The lowest BCUT2D eigenvalue weighted by molar-refractivity contribution is -0.242. The number of methoxy groups -OCH3 is 1. The molecule has 0 aliphatic heterocycles. The van der Waals surface area contributed by atoms with Gasteiger partial charge in [-0.3, -0.25) is 0 Å². The summed E-state index contributed by atoms with van der Waals surface area (Å²) < 4.78 is 47.6. The molecule has 0 unspecified atom stereocenters. The minimum absolute atomic E-state index is 0.183. The molecule has 0 aliphatic carbocycles. The molecule has 21 heavy (non-hydrogen) atoms. The van der Waals surface area contributed by atoms with E-state index < -0.39 is 17.7 Å². The summed E-state index contributed by atoms with van der Waals surface area (Å²) in [7, 11) is 1.43. The van der Waals surface area contributed by atoms with Gasteiger partial charge in [-0.05, 0) is 37.1 Å². The van der Waals surface area contributed by atoms with Crippen molar-refractivity contribution in [3.05, 3.63) is 29.8 Å². The standard InChI is InChI=1S/C14H13F3O4/c1-3-21-12(18)13(19,14(15,16)17)9-8-10-4-6-11(20-2)7-5-10/h4-7,19H,3H2,1-2H3/t13-/m1/s1. The van der Waals surface area contributed by atoms with Gasteiger partial charge in [-0.2, -0.15) is 13.2 Å². The Hall–Kier alpha value is -2.20. The average molecular weight is 302 g/mol. The molecule has 4 nitrogen and oxygen atoms in total. The SMILES string of the molecule is CCOC(=O)[C@](O)(C#Cc1ccc(OC)cc1)C(F)(F)F. The molecule has 0 fully saturated rings. The average Bonchev–Trinajstić information content (AvgIpc) is 2.44. The second-order valence-corrected chi connectivity index (χ2v) is 3.91. The maximum absolute atomic E-state index is 12.8. The van der Waals surface area contributed by atoms with Crippen LogP contribution in [0.3, 0.4) is 0 Å².